The summed E-state index contributed by atoms with van der Waals surface area (Å²) in [5, 5.41) is 3.20. The number of carbonyl (C=O) groups is 2. The minimum Gasteiger partial charge on any atom is -0.473 e. The second-order valence-corrected chi connectivity index (χ2v) is 9.77. The van der Waals surface area contributed by atoms with E-state index in [9.17, 15) is 22.8 Å². The fraction of sp³-hybridized carbons (Fsp3) is 0.483. The molecule has 2 heterocycles. The molecule has 1 aliphatic rings. The fourth-order valence-electron chi connectivity index (χ4n) is 4.95. The summed E-state index contributed by atoms with van der Waals surface area (Å²) >= 11 is 0. The molecule has 2 atom stereocenters. The predicted octanol–water partition coefficient (Wildman–Crippen LogP) is 6.43. The molecule has 0 spiro atoms. The maximum atomic E-state index is 13.7. The van der Waals surface area contributed by atoms with Crippen LogP contribution in [0.15, 0.2) is 40.9 Å². The van der Waals surface area contributed by atoms with Crippen LogP contribution in [-0.2, 0) is 33.3 Å². The Labute approximate surface area is 225 Å². The topological polar surface area (TPSA) is 81.9 Å². The van der Waals surface area contributed by atoms with Gasteiger partial charge in [0.15, 0.2) is 17.4 Å². The van der Waals surface area contributed by atoms with Crippen LogP contribution in [0.1, 0.15) is 74.9 Å². The molecular formula is C29H33F3N2O5. The summed E-state index contributed by atoms with van der Waals surface area (Å²) in [7, 11) is 0. The average Bonchev–Trinajstić information content (AvgIpc) is 3.59. The first-order valence-electron chi connectivity index (χ1n) is 13.4. The number of likely N-dealkylation sites (tertiary alicyclic amines) is 1. The minimum atomic E-state index is -4.69. The van der Waals surface area contributed by atoms with E-state index in [4.69, 9.17) is 14.0 Å². The number of alkyl halides is 3. The quantitative estimate of drug-likeness (QED) is 0.273. The third-order valence-electron chi connectivity index (χ3n) is 6.78. The predicted molar refractivity (Wildman–Crippen MR) is 138 cm³/mol. The number of nitrogens with zero attached hydrogens (tertiary/aromatic N) is 2. The molecule has 1 amide bonds. The van der Waals surface area contributed by atoms with E-state index in [1.165, 1.54) is 13.0 Å². The standard InChI is InChI=1S/C29H33F3N2O5/c1-4-11-20-17-22-25(39-33-26(22)29(30,31)32)21(12-5-2)23(20)38-24(19-13-7-6-8-14-19)28(36)37-18(3)27(35)34-15-9-10-16-34/h6-8,13-14,17-18,24H,4-5,9-12,15-16H2,1-3H3. The number of rotatable bonds is 10. The Balaban J connectivity index is 1.76. The number of halogens is 3. The first kappa shape index (κ1) is 28.4. The third-order valence-corrected chi connectivity index (χ3v) is 6.78. The summed E-state index contributed by atoms with van der Waals surface area (Å²) in [4.78, 5) is 28.0. The van der Waals surface area contributed by atoms with E-state index < -0.39 is 30.0 Å². The first-order chi connectivity index (χ1) is 18.7. The molecule has 39 heavy (non-hydrogen) atoms. The number of amides is 1. The Morgan fingerprint density at radius 1 is 1.08 bits per heavy atom. The number of aryl methyl sites for hydroxylation is 2. The number of carbonyl (C=O) groups excluding carboxylic acids is 2. The van der Waals surface area contributed by atoms with Crippen LogP contribution in [0, 0.1) is 0 Å². The van der Waals surface area contributed by atoms with Crippen LogP contribution < -0.4 is 4.74 Å². The highest BCUT2D eigenvalue weighted by Crippen LogP contribution is 2.42. The molecule has 3 aromatic rings. The van der Waals surface area contributed by atoms with Gasteiger partial charge < -0.3 is 18.9 Å². The zero-order valence-corrected chi connectivity index (χ0v) is 22.3. The lowest BCUT2D eigenvalue weighted by molar-refractivity contribution is -0.164. The van der Waals surface area contributed by atoms with Crippen molar-refractivity contribution in [2.75, 3.05) is 13.1 Å². The van der Waals surface area contributed by atoms with Gasteiger partial charge in [-0.3, -0.25) is 4.79 Å². The summed E-state index contributed by atoms with van der Waals surface area (Å²) in [5.74, 6) is -0.756. The number of benzene rings is 2. The molecule has 2 unspecified atom stereocenters. The largest absolute Gasteiger partial charge is 0.473 e. The highest BCUT2D eigenvalue weighted by Gasteiger charge is 2.39. The lowest BCUT2D eigenvalue weighted by Gasteiger charge is -2.25. The third kappa shape index (κ3) is 6.20. The maximum absolute atomic E-state index is 13.7. The van der Waals surface area contributed by atoms with Gasteiger partial charge in [0, 0.05) is 24.2 Å². The van der Waals surface area contributed by atoms with Gasteiger partial charge in [0.1, 0.15) is 5.75 Å². The van der Waals surface area contributed by atoms with Crippen LogP contribution in [0.25, 0.3) is 11.0 Å². The van der Waals surface area contributed by atoms with Crippen LogP contribution in [0.4, 0.5) is 13.2 Å². The van der Waals surface area contributed by atoms with Gasteiger partial charge in [-0.05, 0) is 44.2 Å². The highest BCUT2D eigenvalue weighted by atomic mass is 19.4. The molecule has 1 aromatic heterocycles. The molecule has 4 rings (SSSR count). The van der Waals surface area contributed by atoms with Crippen molar-refractivity contribution in [1.29, 1.82) is 0 Å². The number of esters is 1. The Morgan fingerprint density at radius 3 is 2.36 bits per heavy atom. The molecule has 0 bridgehead atoms. The molecule has 10 heteroatoms. The second-order valence-electron chi connectivity index (χ2n) is 9.77. The van der Waals surface area contributed by atoms with Crippen LogP contribution in [-0.4, -0.2) is 41.1 Å². The molecule has 0 saturated carbocycles. The van der Waals surface area contributed by atoms with Gasteiger partial charge >= 0.3 is 12.1 Å². The smallest absolute Gasteiger partial charge is 0.437 e. The van der Waals surface area contributed by atoms with E-state index in [1.54, 1.807) is 35.2 Å². The Morgan fingerprint density at radius 2 is 1.74 bits per heavy atom. The monoisotopic (exact) mass is 546 g/mol. The average molecular weight is 547 g/mol. The molecule has 2 aromatic carbocycles. The summed E-state index contributed by atoms with van der Waals surface area (Å²) in [5.41, 5.74) is 0.305. The summed E-state index contributed by atoms with van der Waals surface area (Å²) in [6, 6.07) is 10.1. The minimum absolute atomic E-state index is 0.0169. The first-order valence-corrected chi connectivity index (χ1v) is 13.4. The zero-order chi connectivity index (χ0) is 28.2. The van der Waals surface area contributed by atoms with Crippen molar-refractivity contribution in [2.45, 2.75) is 77.7 Å². The number of fused-ring (bicyclic) bond motifs is 1. The van der Waals surface area contributed by atoms with Crippen LogP contribution in [0.3, 0.4) is 0 Å². The van der Waals surface area contributed by atoms with Crippen molar-refractivity contribution in [1.82, 2.24) is 10.1 Å². The fourth-order valence-corrected chi connectivity index (χ4v) is 4.95. The summed E-state index contributed by atoms with van der Waals surface area (Å²) in [6.07, 6.45) is -3.18. The normalized spacial score (nSPS) is 15.4. The van der Waals surface area contributed by atoms with Gasteiger partial charge in [-0.25, -0.2) is 4.79 Å². The van der Waals surface area contributed by atoms with E-state index >= 15 is 0 Å². The van der Waals surface area contributed by atoms with Gasteiger partial charge in [0.2, 0.25) is 6.10 Å². The summed E-state index contributed by atoms with van der Waals surface area (Å²) in [6.45, 7) is 6.57. The summed E-state index contributed by atoms with van der Waals surface area (Å²) < 4.78 is 58.2. The van der Waals surface area contributed by atoms with Crippen LogP contribution in [0.5, 0.6) is 5.75 Å². The second kappa shape index (κ2) is 12.1. The van der Waals surface area contributed by atoms with Crippen molar-refractivity contribution in [3.05, 3.63) is 58.8 Å². The molecule has 0 N–H and O–H groups in total. The van der Waals surface area contributed by atoms with Gasteiger partial charge in [-0.1, -0.05) is 62.2 Å². The van der Waals surface area contributed by atoms with Gasteiger partial charge in [-0.15, -0.1) is 0 Å². The van der Waals surface area contributed by atoms with Crippen molar-refractivity contribution < 1.29 is 36.8 Å². The lowest BCUT2D eigenvalue weighted by atomic mass is 9.97. The van der Waals surface area contributed by atoms with Crippen molar-refractivity contribution >= 4 is 22.8 Å². The van der Waals surface area contributed by atoms with Gasteiger partial charge in [-0.2, -0.15) is 13.2 Å². The number of aromatic nitrogens is 1. The van der Waals surface area contributed by atoms with Gasteiger partial charge in [0.25, 0.3) is 5.91 Å². The molecule has 1 saturated heterocycles. The molecule has 210 valence electrons. The molecule has 7 nitrogen and oxygen atoms in total. The van der Waals surface area contributed by atoms with Crippen molar-refractivity contribution in [3.8, 4) is 5.75 Å². The van der Waals surface area contributed by atoms with E-state index in [0.717, 1.165) is 12.8 Å². The molecule has 1 fully saturated rings. The highest BCUT2D eigenvalue weighted by molar-refractivity contribution is 5.88. The van der Waals surface area contributed by atoms with Crippen LogP contribution >= 0.6 is 0 Å². The van der Waals surface area contributed by atoms with Crippen LogP contribution in [0.2, 0.25) is 0 Å². The van der Waals surface area contributed by atoms with E-state index in [-0.39, 0.29) is 22.6 Å². The van der Waals surface area contributed by atoms with Gasteiger partial charge in [0.05, 0.1) is 5.39 Å². The molecular weight excluding hydrogens is 513 g/mol. The van der Waals surface area contributed by atoms with Crippen molar-refractivity contribution in [3.63, 3.8) is 0 Å². The van der Waals surface area contributed by atoms with E-state index in [2.05, 4.69) is 5.16 Å². The number of ether oxygens (including phenoxy) is 2. The zero-order valence-electron chi connectivity index (χ0n) is 22.3. The number of hydrogen-bond acceptors (Lipinski definition) is 6. The lowest BCUT2D eigenvalue weighted by Crippen LogP contribution is -2.39. The molecule has 0 radical (unpaired) electrons. The Kier molecular flexibility index (Phi) is 8.82. The Hall–Kier alpha value is -3.56. The number of hydrogen-bond donors (Lipinski definition) is 0. The molecule has 1 aliphatic heterocycles. The Bertz CT molecular complexity index is 1300. The van der Waals surface area contributed by atoms with Crippen molar-refractivity contribution in [2.24, 2.45) is 0 Å². The molecule has 0 aliphatic carbocycles. The maximum Gasteiger partial charge on any atom is 0.437 e. The van der Waals surface area contributed by atoms with E-state index in [1.807, 2.05) is 13.8 Å². The van der Waals surface area contributed by atoms with E-state index in [0.29, 0.717) is 55.5 Å². The SMILES string of the molecule is CCCc1cc2c(C(F)(F)F)noc2c(CCC)c1OC(C(=O)OC(C)C(=O)N1CCCC1)c1ccccc1.